The van der Waals surface area contributed by atoms with Crippen LogP contribution in [0.3, 0.4) is 0 Å². The molecular weight excluding hydrogens is 454 g/mol. The number of hydrogen-bond acceptors (Lipinski definition) is 11. The predicted molar refractivity (Wildman–Crippen MR) is 120 cm³/mol. The second-order valence-electron chi connectivity index (χ2n) is 8.78. The fourth-order valence-electron chi connectivity index (χ4n) is 3.20. The lowest BCUT2D eigenvalue weighted by molar-refractivity contribution is -0.165. The highest BCUT2D eigenvalue weighted by molar-refractivity contribution is 7.99. The first-order valence-corrected chi connectivity index (χ1v) is 11.5. The number of hydrogen-bond donors (Lipinski definition) is 5. The van der Waals surface area contributed by atoms with E-state index >= 15 is 0 Å². The standard InChI is InChI=1S/C20H29N5O7S/c1-20(2,3)19(30)32-24-11(18(28)29)5-7-33-8-12-13(26)14(27)17(31-12)25-6-4-10-15(21)22-9-23-16(10)25/h4,6,9,11-14,17,24,26-27H,5,7-8H2,1-3H3,(H,28,29)(H2,21,22,23)/t11?,12-,13-,14-,17?/m1/s1. The number of fused-ring (bicyclic) bond motifs is 1. The number of nitrogen functional groups attached to an aromatic ring is 1. The molecule has 12 nitrogen and oxygen atoms in total. The van der Waals surface area contributed by atoms with Crippen LogP contribution in [0, 0.1) is 5.41 Å². The molecule has 1 aliphatic heterocycles. The molecular formula is C20H29N5O7S. The van der Waals surface area contributed by atoms with E-state index in [0.29, 0.717) is 28.4 Å². The number of aliphatic carboxylic acids is 1. The minimum atomic E-state index is -1.19. The van der Waals surface area contributed by atoms with Gasteiger partial charge in [0.15, 0.2) is 6.23 Å². The Morgan fingerprint density at radius 3 is 2.73 bits per heavy atom. The molecule has 0 radical (unpaired) electrons. The lowest BCUT2D eigenvalue weighted by Gasteiger charge is -2.19. The molecule has 1 saturated heterocycles. The van der Waals surface area contributed by atoms with Gasteiger partial charge in [-0.3, -0.25) is 4.79 Å². The quantitative estimate of drug-likeness (QED) is 0.243. The molecule has 182 valence electrons. The molecule has 0 bridgehead atoms. The number of aliphatic hydroxyl groups excluding tert-OH is 2. The Bertz CT molecular complexity index is 995. The molecule has 5 atom stereocenters. The fourth-order valence-corrected chi connectivity index (χ4v) is 4.28. The Balaban J connectivity index is 1.52. The van der Waals surface area contributed by atoms with Crippen LogP contribution in [0.1, 0.15) is 33.4 Å². The zero-order valence-electron chi connectivity index (χ0n) is 18.5. The third-order valence-corrected chi connectivity index (χ3v) is 6.28. The SMILES string of the molecule is CC(C)(C)C(=O)ONC(CCSC[C@H]1OC(n2ccc3c(N)ncnc32)[C@H](O)[C@@H]1O)C(=O)O. The minimum absolute atomic E-state index is 0.171. The van der Waals surface area contributed by atoms with Gasteiger partial charge in [0.1, 0.15) is 36.0 Å². The maximum absolute atomic E-state index is 11.8. The van der Waals surface area contributed by atoms with Crippen LogP contribution in [-0.4, -0.2) is 77.7 Å². The number of thioether (sulfide) groups is 1. The molecule has 13 heteroatoms. The second-order valence-corrected chi connectivity index (χ2v) is 9.93. The molecule has 0 saturated carbocycles. The Labute approximate surface area is 194 Å². The summed E-state index contributed by atoms with van der Waals surface area (Å²) in [4.78, 5) is 36.3. The van der Waals surface area contributed by atoms with Crippen molar-refractivity contribution in [2.75, 3.05) is 17.2 Å². The zero-order valence-corrected chi connectivity index (χ0v) is 19.4. The number of carbonyl (C=O) groups is 2. The molecule has 2 aromatic heterocycles. The van der Waals surface area contributed by atoms with E-state index in [-0.39, 0.29) is 6.42 Å². The molecule has 2 unspecified atom stereocenters. The van der Waals surface area contributed by atoms with Crippen LogP contribution < -0.4 is 11.2 Å². The van der Waals surface area contributed by atoms with Crippen molar-refractivity contribution in [1.82, 2.24) is 20.0 Å². The van der Waals surface area contributed by atoms with Crippen LogP contribution in [0.2, 0.25) is 0 Å². The molecule has 3 rings (SSSR count). The van der Waals surface area contributed by atoms with Crippen LogP contribution in [0.4, 0.5) is 5.82 Å². The van der Waals surface area contributed by atoms with Crippen molar-refractivity contribution in [3.05, 3.63) is 18.6 Å². The van der Waals surface area contributed by atoms with E-state index < -0.39 is 47.9 Å². The van der Waals surface area contributed by atoms with E-state index in [1.54, 1.807) is 37.6 Å². The number of aliphatic hydroxyl groups is 2. The summed E-state index contributed by atoms with van der Waals surface area (Å²) in [5.74, 6) is -0.701. The second kappa shape index (κ2) is 10.2. The number of nitrogens with one attached hydrogen (secondary N) is 1. The maximum atomic E-state index is 11.8. The normalized spacial score (nSPS) is 24.2. The average Bonchev–Trinajstić information content (AvgIpc) is 3.29. The highest BCUT2D eigenvalue weighted by Gasteiger charge is 2.44. The summed E-state index contributed by atoms with van der Waals surface area (Å²) in [5, 5.41) is 30.9. The molecule has 0 spiro atoms. The Morgan fingerprint density at radius 2 is 2.06 bits per heavy atom. The highest BCUT2D eigenvalue weighted by atomic mass is 32.2. The lowest BCUT2D eigenvalue weighted by Crippen LogP contribution is -2.41. The number of carboxylic acid groups (broad SMARTS) is 1. The summed E-state index contributed by atoms with van der Waals surface area (Å²) in [6, 6.07) is 0.633. The number of carbonyl (C=O) groups excluding carboxylic acids is 1. The van der Waals surface area contributed by atoms with E-state index in [4.69, 9.17) is 15.3 Å². The van der Waals surface area contributed by atoms with Crippen molar-refractivity contribution in [1.29, 1.82) is 0 Å². The van der Waals surface area contributed by atoms with Crippen LogP contribution in [0.25, 0.3) is 11.0 Å². The van der Waals surface area contributed by atoms with E-state index in [0.717, 1.165) is 0 Å². The predicted octanol–water partition coefficient (Wildman–Crippen LogP) is 0.303. The Hall–Kier alpha value is -2.45. The van der Waals surface area contributed by atoms with Gasteiger partial charge in [-0.05, 0) is 39.0 Å². The Morgan fingerprint density at radius 1 is 1.33 bits per heavy atom. The number of anilines is 1. The van der Waals surface area contributed by atoms with Crippen molar-refractivity contribution in [2.24, 2.45) is 5.41 Å². The summed E-state index contributed by atoms with van der Waals surface area (Å²) < 4.78 is 7.49. The van der Waals surface area contributed by atoms with Gasteiger partial charge in [0.2, 0.25) is 0 Å². The van der Waals surface area contributed by atoms with Gasteiger partial charge in [0.25, 0.3) is 0 Å². The monoisotopic (exact) mass is 483 g/mol. The summed E-state index contributed by atoms with van der Waals surface area (Å²) >= 11 is 1.35. The lowest BCUT2D eigenvalue weighted by atomic mass is 9.98. The zero-order chi connectivity index (χ0) is 24.3. The van der Waals surface area contributed by atoms with Gasteiger partial charge in [-0.25, -0.2) is 14.8 Å². The van der Waals surface area contributed by atoms with Gasteiger partial charge in [0, 0.05) is 11.9 Å². The first kappa shape index (κ1) is 25.2. The number of rotatable bonds is 9. The molecule has 0 amide bonds. The van der Waals surface area contributed by atoms with Crippen LogP contribution in [-0.2, 0) is 19.2 Å². The topological polar surface area (TPSA) is 182 Å². The van der Waals surface area contributed by atoms with Gasteiger partial charge in [-0.2, -0.15) is 11.8 Å². The van der Waals surface area contributed by atoms with Gasteiger partial charge in [-0.1, -0.05) is 0 Å². The number of hydroxylamine groups is 1. The molecule has 0 aliphatic carbocycles. The van der Waals surface area contributed by atoms with Crippen LogP contribution in [0.5, 0.6) is 0 Å². The molecule has 3 heterocycles. The van der Waals surface area contributed by atoms with Gasteiger partial charge in [0.05, 0.1) is 16.9 Å². The molecule has 6 N–H and O–H groups in total. The van der Waals surface area contributed by atoms with E-state index in [9.17, 15) is 24.9 Å². The van der Waals surface area contributed by atoms with Crippen molar-refractivity contribution in [3.63, 3.8) is 0 Å². The largest absolute Gasteiger partial charge is 0.480 e. The first-order valence-electron chi connectivity index (χ1n) is 10.4. The summed E-state index contributed by atoms with van der Waals surface area (Å²) in [6.07, 6.45) is -0.721. The van der Waals surface area contributed by atoms with Gasteiger partial charge >= 0.3 is 11.9 Å². The van der Waals surface area contributed by atoms with Crippen molar-refractivity contribution < 1.29 is 34.5 Å². The number of aromatic nitrogens is 3. The average molecular weight is 484 g/mol. The third kappa shape index (κ3) is 5.73. The summed E-state index contributed by atoms with van der Waals surface area (Å²) in [6.45, 7) is 4.99. The summed E-state index contributed by atoms with van der Waals surface area (Å²) in [5.41, 5.74) is 7.87. The smallest absolute Gasteiger partial charge is 0.330 e. The number of ether oxygens (including phenoxy) is 1. The first-order chi connectivity index (χ1) is 15.5. The van der Waals surface area contributed by atoms with Crippen molar-refractivity contribution >= 4 is 40.6 Å². The maximum Gasteiger partial charge on any atom is 0.330 e. The number of nitrogens with two attached hydrogens (primary N) is 1. The van der Waals surface area contributed by atoms with Gasteiger partial charge in [-0.15, -0.1) is 5.48 Å². The highest BCUT2D eigenvalue weighted by Crippen LogP contribution is 2.34. The molecule has 0 aromatic carbocycles. The minimum Gasteiger partial charge on any atom is -0.480 e. The molecule has 33 heavy (non-hydrogen) atoms. The molecule has 2 aromatic rings. The van der Waals surface area contributed by atoms with E-state index in [1.807, 2.05) is 0 Å². The Kier molecular flexibility index (Phi) is 7.80. The number of nitrogens with zero attached hydrogens (tertiary/aromatic N) is 3. The van der Waals surface area contributed by atoms with Crippen molar-refractivity contribution in [3.8, 4) is 0 Å². The summed E-state index contributed by atoms with van der Waals surface area (Å²) in [7, 11) is 0. The molecule has 1 fully saturated rings. The fraction of sp³-hybridized carbons (Fsp3) is 0.600. The van der Waals surface area contributed by atoms with E-state index in [2.05, 4.69) is 15.4 Å². The van der Waals surface area contributed by atoms with Crippen molar-refractivity contribution in [2.45, 2.75) is 57.8 Å². The van der Waals surface area contributed by atoms with Gasteiger partial charge < -0.3 is 35.2 Å². The van der Waals surface area contributed by atoms with E-state index in [1.165, 1.54) is 18.1 Å². The molecule has 1 aliphatic rings. The number of carboxylic acids is 1. The van der Waals surface area contributed by atoms with Crippen LogP contribution in [0.15, 0.2) is 18.6 Å². The third-order valence-electron chi connectivity index (χ3n) is 5.19. The van der Waals surface area contributed by atoms with Crippen LogP contribution >= 0.6 is 11.8 Å².